The van der Waals surface area contributed by atoms with E-state index in [0.717, 1.165) is 31.9 Å². The Kier molecular flexibility index (Phi) is 7.76. The van der Waals surface area contributed by atoms with Gasteiger partial charge >= 0.3 is 0 Å². The third-order valence-electron chi connectivity index (χ3n) is 7.78. The van der Waals surface area contributed by atoms with Crippen molar-refractivity contribution in [1.82, 2.24) is 15.1 Å². The number of benzene rings is 1. The van der Waals surface area contributed by atoms with E-state index in [9.17, 15) is 14.4 Å². The molecule has 3 fully saturated rings. The molecule has 36 heavy (non-hydrogen) atoms. The van der Waals surface area contributed by atoms with E-state index in [1.807, 2.05) is 24.3 Å². The number of nitrogens with zero attached hydrogens (tertiary/aromatic N) is 3. The Morgan fingerprint density at radius 2 is 1.72 bits per heavy atom. The van der Waals surface area contributed by atoms with Crippen LogP contribution in [0.25, 0.3) is 0 Å². The van der Waals surface area contributed by atoms with Crippen LogP contribution >= 0.6 is 0 Å². The number of carbonyl (C=O) groups is 3. The van der Waals surface area contributed by atoms with Crippen LogP contribution in [0, 0.1) is 17.3 Å². The number of hydrogen-bond donors (Lipinski definition) is 1. The summed E-state index contributed by atoms with van der Waals surface area (Å²) in [5.74, 6) is -0.108. The maximum absolute atomic E-state index is 13.8. The third kappa shape index (κ3) is 5.75. The molecule has 2 amide bonds. The molecule has 3 heterocycles. The number of nitrogens with one attached hydrogen (secondary N) is 1. The first-order chi connectivity index (χ1) is 16.9. The number of ether oxygens (including phenoxy) is 1. The summed E-state index contributed by atoms with van der Waals surface area (Å²) in [5, 5.41) is 3.01. The van der Waals surface area contributed by atoms with Crippen LogP contribution in [0.1, 0.15) is 51.4 Å². The van der Waals surface area contributed by atoms with E-state index in [2.05, 4.69) is 56.8 Å². The van der Waals surface area contributed by atoms with Gasteiger partial charge in [-0.2, -0.15) is 0 Å². The number of hydrogen-bond acceptors (Lipinski definition) is 6. The zero-order valence-electron chi connectivity index (χ0n) is 22.6. The maximum atomic E-state index is 13.8. The highest BCUT2D eigenvalue weighted by Gasteiger charge is 2.53. The molecule has 8 nitrogen and oxygen atoms in total. The molecule has 0 aromatic heterocycles. The predicted molar refractivity (Wildman–Crippen MR) is 140 cm³/mol. The van der Waals surface area contributed by atoms with E-state index in [1.165, 1.54) is 0 Å². The zero-order chi connectivity index (χ0) is 26.2. The van der Waals surface area contributed by atoms with Gasteiger partial charge < -0.3 is 24.8 Å². The number of carbonyl (C=O) groups excluding carboxylic acids is 3. The van der Waals surface area contributed by atoms with E-state index in [-0.39, 0.29) is 47.6 Å². The molecule has 1 aromatic rings. The van der Waals surface area contributed by atoms with E-state index in [0.29, 0.717) is 18.5 Å². The van der Waals surface area contributed by atoms with E-state index in [4.69, 9.17) is 4.74 Å². The number of anilines is 1. The molecule has 3 aliphatic rings. The van der Waals surface area contributed by atoms with Crippen molar-refractivity contribution in [1.29, 1.82) is 0 Å². The quantitative estimate of drug-likeness (QED) is 0.649. The second-order valence-corrected chi connectivity index (χ2v) is 12.2. The number of amides is 2. The summed E-state index contributed by atoms with van der Waals surface area (Å²) in [6, 6.07) is 6.36. The predicted octanol–water partition coefficient (Wildman–Crippen LogP) is 2.42. The summed E-state index contributed by atoms with van der Waals surface area (Å²) in [5.41, 5.74) is 1.44. The van der Waals surface area contributed by atoms with Gasteiger partial charge in [0.05, 0.1) is 6.10 Å². The van der Waals surface area contributed by atoms with Crippen LogP contribution in [0.15, 0.2) is 24.3 Å². The van der Waals surface area contributed by atoms with Crippen LogP contribution in [-0.4, -0.2) is 92.0 Å². The fraction of sp³-hybridized carbons (Fsp3) is 0.679. The van der Waals surface area contributed by atoms with Crippen LogP contribution in [0.4, 0.5) is 5.69 Å². The number of piperazine rings is 1. The third-order valence-corrected chi connectivity index (χ3v) is 7.78. The van der Waals surface area contributed by atoms with Crippen molar-refractivity contribution in [2.75, 3.05) is 51.3 Å². The van der Waals surface area contributed by atoms with Crippen molar-refractivity contribution in [2.45, 2.75) is 59.2 Å². The van der Waals surface area contributed by atoms with Crippen molar-refractivity contribution < 1.29 is 19.1 Å². The minimum atomic E-state index is -0.713. The van der Waals surface area contributed by atoms with Crippen LogP contribution in [-0.2, 0) is 14.3 Å². The average molecular weight is 499 g/mol. The SMILES string of the molecule is CC(C)[C@H]1CN(C(=O)[C@H](CC(C)(C)C)NC(=O)c2ccc(N3CCN(C)CC3)cc2)[C@@H]2C(=O)CO[C@H]12. The van der Waals surface area contributed by atoms with Gasteiger partial charge in [0.2, 0.25) is 5.91 Å². The van der Waals surface area contributed by atoms with Gasteiger partial charge in [0, 0.05) is 49.9 Å². The lowest BCUT2D eigenvalue weighted by molar-refractivity contribution is -0.138. The molecule has 4 rings (SSSR count). The molecule has 0 aliphatic carbocycles. The molecule has 0 saturated carbocycles. The lowest BCUT2D eigenvalue weighted by Crippen LogP contribution is -2.53. The first-order valence-electron chi connectivity index (χ1n) is 13.2. The summed E-state index contributed by atoms with van der Waals surface area (Å²) >= 11 is 0. The summed E-state index contributed by atoms with van der Waals surface area (Å²) < 4.78 is 5.80. The number of ketones is 1. The van der Waals surface area contributed by atoms with Crippen LogP contribution in [0.2, 0.25) is 0 Å². The second-order valence-electron chi connectivity index (χ2n) is 12.2. The van der Waals surface area contributed by atoms with E-state index in [1.54, 1.807) is 4.90 Å². The second kappa shape index (κ2) is 10.5. The van der Waals surface area contributed by atoms with Gasteiger partial charge in [-0.1, -0.05) is 34.6 Å². The monoisotopic (exact) mass is 498 g/mol. The molecular formula is C28H42N4O4. The molecule has 1 aromatic carbocycles. The highest BCUT2D eigenvalue weighted by molar-refractivity contribution is 5.99. The minimum absolute atomic E-state index is 0.0446. The topological polar surface area (TPSA) is 82.2 Å². The number of likely N-dealkylation sites (N-methyl/N-ethyl adjacent to an activating group) is 1. The smallest absolute Gasteiger partial charge is 0.251 e. The summed E-state index contributed by atoms with van der Waals surface area (Å²) in [6.45, 7) is 14.8. The van der Waals surface area contributed by atoms with Gasteiger partial charge in [-0.3, -0.25) is 14.4 Å². The number of Topliss-reactive ketones (excluding diaryl/α,β-unsaturated/α-hetero) is 1. The molecule has 0 spiro atoms. The van der Waals surface area contributed by atoms with Gasteiger partial charge in [0.25, 0.3) is 5.91 Å². The highest BCUT2D eigenvalue weighted by atomic mass is 16.5. The minimum Gasteiger partial charge on any atom is -0.369 e. The Morgan fingerprint density at radius 1 is 1.08 bits per heavy atom. The standard InChI is InChI=1S/C28H42N4O4/c1-18(2)21-16-32(24-23(33)17-36-25(21)24)27(35)22(15-28(3,4)5)29-26(34)19-7-9-20(10-8-19)31-13-11-30(6)12-14-31/h7-10,18,21-22,24-25H,11-17H2,1-6H3,(H,29,34)/t21-,22+,24-,25-/m1/s1. The van der Waals surface area contributed by atoms with Crippen molar-refractivity contribution >= 4 is 23.3 Å². The molecule has 1 N–H and O–H groups in total. The molecule has 0 radical (unpaired) electrons. The van der Waals surface area contributed by atoms with Crippen LogP contribution in [0.3, 0.4) is 0 Å². The van der Waals surface area contributed by atoms with E-state index < -0.39 is 12.1 Å². The average Bonchev–Trinajstić information content (AvgIpc) is 3.38. The van der Waals surface area contributed by atoms with Crippen LogP contribution in [0.5, 0.6) is 0 Å². The number of likely N-dealkylation sites (tertiary alicyclic amines) is 1. The fourth-order valence-electron chi connectivity index (χ4n) is 5.65. The first-order valence-corrected chi connectivity index (χ1v) is 13.2. The van der Waals surface area contributed by atoms with Gasteiger partial charge in [-0.05, 0) is 49.1 Å². The van der Waals surface area contributed by atoms with Crippen molar-refractivity contribution in [3.63, 3.8) is 0 Å². The Bertz CT molecular complexity index is 963. The van der Waals surface area contributed by atoms with E-state index >= 15 is 0 Å². The highest BCUT2D eigenvalue weighted by Crippen LogP contribution is 2.37. The maximum Gasteiger partial charge on any atom is 0.251 e. The lowest BCUT2D eigenvalue weighted by atomic mass is 9.87. The normalized spacial score (nSPS) is 25.9. The summed E-state index contributed by atoms with van der Waals surface area (Å²) in [7, 11) is 2.13. The Hall–Kier alpha value is -2.45. The summed E-state index contributed by atoms with van der Waals surface area (Å²) in [6.07, 6.45) is 0.223. The largest absolute Gasteiger partial charge is 0.369 e. The molecule has 3 aliphatic heterocycles. The first kappa shape index (κ1) is 26.6. The molecule has 198 valence electrons. The molecule has 0 bridgehead atoms. The molecule has 3 saturated heterocycles. The molecule has 4 atom stereocenters. The Morgan fingerprint density at radius 3 is 2.31 bits per heavy atom. The van der Waals surface area contributed by atoms with Crippen molar-refractivity contribution in [3.05, 3.63) is 29.8 Å². The van der Waals surface area contributed by atoms with Crippen molar-refractivity contribution in [2.24, 2.45) is 17.3 Å². The fourth-order valence-corrected chi connectivity index (χ4v) is 5.65. The summed E-state index contributed by atoms with van der Waals surface area (Å²) in [4.78, 5) is 46.1. The van der Waals surface area contributed by atoms with Gasteiger partial charge in [0.15, 0.2) is 5.78 Å². The van der Waals surface area contributed by atoms with Crippen molar-refractivity contribution in [3.8, 4) is 0 Å². The molecule has 8 heteroatoms. The number of fused-ring (bicyclic) bond motifs is 1. The molecule has 0 unspecified atom stereocenters. The van der Waals surface area contributed by atoms with Gasteiger partial charge in [-0.15, -0.1) is 0 Å². The zero-order valence-corrected chi connectivity index (χ0v) is 22.6. The lowest BCUT2D eigenvalue weighted by Gasteiger charge is -2.34. The molecular weight excluding hydrogens is 456 g/mol. The van der Waals surface area contributed by atoms with Gasteiger partial charge in [0.1, 0.15) is 18.7 Å². The Labute approximate surface area is 215 Å². The van der Waals surface area contributed by atoms with Gasteiger partial charge in [-0.25, -0.2) is 0 Å². The number of rotatable bonds is 6. The van der Waals surface area contributed by atoms with Crippen LogP contribution < -0.4 is 10.2 Å². The Balaban J connectivity index is 1.49.